The zero-order valence-electron chi connectivity index (χ0n) is 15.4. The summed E-state index contributed by atoms with van der Waals surface area (Å²) in [7, 11) is -3.68. The van der Waals surface area contributed by atoms with E-state index in [0.717, 1.165) is 29.9 Å². The molecule has 150 valence electrons. The zero-order valence-corrected chi connectivity index (χ0v) is 17.8. The Bertz CT molecular complexity index is 1190. The van der Waals surface area contributed by atoms with Crippen LogP contribution in [0.1, 0.15) is 22.0 Å². The molecule has 0 aliphatic carbocycles. The average molecular weight is 449 g/mol. The first-order valence-corrected chi connectivity index (χ1v) is 12.0. The average Bonchev–Trinajstić information content (AvgIpc) is 3.15. The van der Waals surface area contributed by atoms with Gasteiger partial charge in [-0.3, -0.25) is 10.1 Å². The number of benzene rings is 2. The molecule has 3 aromatic rings. The SMILES string of the molecule is CS(=O)(=O)c1cc([N+](=O)[O-])ccc1N1CCc2sccc2C1c1ccc(Cl)cc1. The molecule has 2 aromatic carbocycles. The molecule has 0 saturated carbocycles. The Labute approximate surface area is 177 Å². The number of thiophene rings is 1. The van der Waals surface area contributed by atoms with Gasteiger partial charge in [-0.1, -0.05) is 23.7 Å². The van der Waals surface area contributed by atoms with E-state index in [1.807, 2.05) is 34.5 Å². The highest BCUT2D eigenvalue weighted by Crippen LogP contribution is 2.43. The van der Waals surface area contributed by atoms with Gasteiger partial charge in [0, 0.05) is 34.8 Å². The Kier molecular flexibility index (Phi) is 5.10. The van der Waals surface area contributed by atoms with Gasteiger partial charge in [0.05, 0.1) is 21.5 Å². The van der Waals surface area contributed by atoms with E-state index >= 15 is 0 Å². The third-order valence-corrected chi connectivity index (χ3v) is 7.39. The van der Waals surface area contributed by atoms with Gasteiger partial charge in [-0.2, -0.15) is 0 Å². The quantitative estimate of drug-likeness (QED) is 0.420. The number of non-ortho nitro benzene ring substituents is 1. The van der Waals surface area contributed by atoms with Crippen LogP contribution in [-0.4, -0.2) is 26.1 Å². The first-order valence-electron chi connectivity index (χ1n) is 8.82. The highest BCUT2D eigenvalue weighted by Gasteiger charge is 2.33. The monoisotopic (exact) mass is 448 g/mol. The summed E-state index contributed by atoms with van der Waals surface area (Å²) in [6.07, 6.45) is 1.85. The van der Waals surface area contributed by atoms with Crippen LogP contribution >= 0.6 is 22.9 Å². The van der Waals surface area contributed by atoms with Crippen molar-refractivity contribution in [3.8, 4) is 0 Å². The predicted octanol–water partition coefficient (Wildman–Crippen LogP) is 4.87. The summed E-state index contributed by atoms with van der Waals surface area (Å²) in [4.78, 5) is 13.8. The first-order chi connectivity index (χ1) is 13.8. The van der Waals surface area contributed by atoms with Crippen molar-refractivity contribution < 1.29 is 13.3 Å². The Morgan fingerprint density at radius 2 is 1.90 bits per heavy atom. The number of fused-ring (bicyclic) bond motifs is 1. The molecule has 0 saturated heterocycles. The Morgan fingerprint density at radius 1 is 1.17 bits per heavy atom. The van der Waals surface area contributed by atoms with E-state index in [0.29, 0.717) is 17.3 Å². The molecule has 0 bridgehead atoms. The van der Waals surface area contributed by atoms with Crippen LogP contribution in [0.2, 0.25) is 5.02 Å². The minimum absolute atomic E-state index is 0.0376. The molecule has 4 rings (SSSR count). The number of sulfone groups is 1. The fraction of sp³-hybridized carbons (Fsp3) is 0.200. The summed E-state index contributed by atoms with van der Waals surface area (Å²) in [5.41, 5.74) is 2.31. The van der Waals surface area contributed by atoms with Gasteiger partial charge < -0.3 is 4.90 Å². The molecule has 0 amide bonds. The second-order valence-electron chi connectivity index (χ2n) is 6.88. The van der Waals surface area contributed by atoms with Crippen molar-refractivity contribution in [2.24, 2.45) is 0 Å². The topological polar surface area (TPSA) is 80.5 Å². The number of nitrogens with zero attached hydrogens (tertiary/aromatic N) is 2. The van der Waals surface area contributed by atoms with Crippen molar-refractivity contribution in [1.29, 1.82) is 0 Å². The summed E-state index contributed by atoms with van der Waals surface area (Å²) in [5, 5.41) is 13.9. The second kappa shape index (κ2) is 7.44. The maximum absolute atomic E-state index is 12.5. The molecule has 1 aliphatic heterocycles. The van der Waals surface area contributed by atoms with Gasteiger partial charge in [-0.05, 0) is 47.2 Å². The van der Waals surface area contributed by atoms with E-state index in [1.54, 1.807) is 11.3 Å². The van der Waals surface area contributed by atoms with Crippen LogP contribution in [-0.2, 0) is 16.3 Å². The van der Waals surface area contributed by atoms with Crippen molar-refractivity contribution in [3.63, 3.8) is 0 Å². The molecule has 29 heavy (non-hydrogen) atoms. The van der Waals surface area contributed by atoms with Crippen molar-refractivity contribution in [2.45, 2.75) is 17.4 Å². The molecular formula is C20H17ClN2O4S2. The molecule has 0 spiro atoms. The van der Waals surface area contributed by atoms with Gasteiger partial charge >= 0.3 is 0 Å². The lowest BCUT2D eigenvalue weighted by atomic mass is 9.92. The normalized spacial score (nSPS) is 16.5. The molecule has 0 N–H and O–H groups in total. The third-order valence-electron chi connectivity index (χ3n) is 5.01. The van der Waals surface area contributed by atoms with Gasteiger partial charge in [-0.25, -0.2) is 8.42 Å². The van der Waals surface area contributed by atoms with Crippen LogP contribution in [0, 0.1) is 10.1 Å². The minimum atomic E-state index is -3.68. The molecule has 2 heterocycles. The Morgan fingerprint density at radius 3 is 2.55 bits per heavy atom. The van der Waals surface area contributed by atoms with Gasteiger partial charge in [0.2, 0.25) is 0 Å². The molecule has 6 nitrogen and oxygen atoms in total. The fourth-order valence-corrected chi connectivity index (χ4v) is 5.66. The third kappa shape index (κ3) is 3.75. The van der Waals surface area contributed by atoms with Crippen LogP contribution in [0.25, 0.3) is 0 Å². The van der Waals surface area contributed by atoms with Crippen molar-refractivity contribution in [2.75, 3.05) is 17.7 Å². The summed E-state index contributed by atoms with van der Waals surface area (Å²) >= 11 is 7.74. The fourth-order valence-electron chi connectivity index (χ4n) is 3.73. The second-order valence-corrected chi connectivity index (χ2v) is 10.3. The molecule has 0 radical (unpaired) electrons. The van der Waals surface area contributed by atoms with E-state index in [4.69, 9.17) is 11.6 Å². The summed E-state index contributed by atoms with van der Waals surface area (Å²) in [6.45, 7) is 0.598. The minimum Gasteiger partial charge on any atom is -0.359 e. The lowest BCUT2D eigenvalue weighted by molar-refractivity contribution is -0.385. The van der Waals surface area contributed by atoms with Crippen LogP contribution < -0.4 is 4.90 Å². The standard InChI is InChI=1S/C20H17ClN2O4S2/c1-29(26,27)19-12-15(23(24)25)6-7-17(19)22-10-8-18-16(9-11-28-18)20(22)13-2-4-14(21)5-3-13/h2-7,9,11-12,20H,8,10H2,1H3. The summed E-state index contributed by atoms with van der Waals surface area (Å²) in [6, 6.07) is 13.4. The Balaban J connectivity index is 1.91. The first kappa shape index (κ1) is 19.9. The van der Waals surface area contributed by atoms with Gasteiger partial charge in [0.25, 0.3) is 5.69 Å². The molecule has 1 aliphatic rings. The number of nitro benzene ring substituents is 1. The Hall–Kier alpha value is -2.42. The van der Waals surface area contributed by atoms with Crippen molar-refractivity contribution >= 4 is 44.1 Å². The lowest BCUT2D eigenvalue weighted by Gasteiger charge is -2.38. The number of anilines is 1. The molecule has 0 fully saturated rings. The van der Waals surface area contributed by atoms with Gasteiger partial charge in [0.15, 0.2) is 9.84 Å². The molecule has 1 unspecified atom stereocenters. The van der Waals surface area contributed by atoms with Gasteiger partial charge in [0.1, 0.15) is 0 Å². The summed E-state index contributed by atoms with van der Waals surface area (Å²) in [5.74, 6) is 0. The van der Waals surface area contributed by atoms with E-state index in [2.05, 4.69) is 6.07 Å². The number of hydrogen-bond donors (Lipinski definition) is 0. The zero-order chi connectivity index (χ0) is 20.8. The van der Waals surface area contributed by atoms with E-state index < -0.39 is 14.8 Å². The maximum atomic E-state index is 12.5. The number of halogens is 1. The van der Waals surface area contributed by atoms with Crippen LogP contribution in [0.4, 0.5) is 11.4 Å². The largest absolute Gasteiger partial charge is 0.359 e. The van der Waals surface area contributed by atoms with E-state index in [-0.39, 0.29) is 16.6 Å². The number of rotatable bonds is 4. The van der Waals surface area contributed by atoms with E-state index in [1.165, 1.54) is 17.0 Å². The molecule has 1 aromatic heterocycles. The van der Waals surface area contributed by atoms with E-state index in [9.17, 15) is 18.5 Å². The predicted molar refractivity (Wildman–Crippen MR) is 115 cm³/mol. The lowest BCUT2D eigenvalue weighted by Crippen LogP contribution is -2.36. The highest BCUT2D eigenvalue weighted by molar-refractivity contribution is 7.90. The van der Waals surface area contributed by atoms with Crippen molar-refractivity contribution in [3.05, 3.63) is 85.1 Å². The van der Waals surface area contributed by atoms with Gasteiger partial charge in [-0.15, -0.1) is 11.3 Å². The molecular weight excluding hydrogens is 432 g/mol. The van der Waals surface area contributed by atoms with Crippen molar-refractivity contribution in [1.82, 2.24) is 0 Å². The van der Waals surface area contributed by atoms with Crippen LogP contribution in [0.15, 0.2) is 58.8 Å². The van der Waals surface area contributed by atoms with Crippen LogP contribution in [0.5, 0.6) is 0 Å². The highest BCUT2D eigenvalue weighted by atomic mass is 35.5. The summed E-state index contributed by atoms with van der Waals surface area (Å²) < 4.78 is 25.0. The smallest absolute Gasteiger partial charge is 0.270 e. The maximum Gasteiger partial charge on any atom is 0.270 e. The van der Waals surface area contributed by atoms with Crippen LogP contribution in [0.3, 0.4) is 0 Å². The number of hydrogen-bond acceptors (Lipinski definition) is 6. The molecule has 1 atom stereocenters. The number of nitro groups is 1. The molecule has 9 heteroatoms.